The molecule has 0 radical (unpaired) electrons. The van der Waals surface area contributed by atoms with E-state index in [-0.39, 0.29) is 11.1 Å². The molecule has 0 saturated carbocycles. The van der Waals surface area contributed by atoms with E-state index in [9.17, 15) is 9.59 Å². The summed E-state index contributed by atoms with van der Waals surface area (Å²) < 4.78 is 8.35. The van der Waals surface area contributed by atoms with Crippen molar-refractivity contribution in [2.75, 3.05) is 13.7 Å². The van der Waals surface area contributed by atoms with Crippen molar-refractivity contribution in [2.45, 2.75) is 13.3 Å². The average molecular weight is 498 g/mol. The quantitative estimate of drug-likeness (QED) is 0.405. The SMILES string of the molecule is CCCOc1ccc(-c2nn(-c3ccccc3)cc2/C=C2/SC(=O)N(C)C2=O)cc1Br. The van der Waals surface area contributed by atoms with Gasteiger partial charge in [0.25, 0.3) is 11.1 Å². The lowest BCUT2D eigenvalue weighted by Gasteiger charge is -2.08. The highest BCUT2D eigenvalue weighted by Crippen LogP contribution is 2.36. The minimum atomic E-state index is -0.307. The molecule has 2 heterocycles. The van der Waals surface area contributed by atoms with Gasteiger partial charge in [0.15, 0.2) is 0 Å². The second kappa shape index (κ2) is 9.11. The van der Waals surface area contributed by atoms with E-state index in [1.807, 2.05) is 54.7 Å². The first-order valence-electron chi connectivity index (χ1n) is 9.77. The highest BCUT2D eigenvalue weighted by atomic mass is 79.9. The Hall–Kier alpha value is -2.84. The molecule has 6 nitrogen and oxygen atoms in total. The number of carbonyl (C=O) groups excluding carboxylic acids is 2. The van der Waals surface area contributed by atoms with Crippen LogP contribution in [0.25, 0.3) is 23.0 Å². The molecule has 0 bridgehead atoms. The Bertz CT molecular complexity index is 1170. The maximum atomic E-state index is 12.4. The zero-order valence-corrected chi connectivity index (χ0v) is 19.4. The van der Waals surface area contributed by atoms with Crippen molar-refractivity contribution in [2.24, 2.45) is 0 Å². The van der Waals surface area contributed by atoms with Gasteiger partial charge >= 0.3 is 0 Å². The van der Waals surface area contributed by atoms with E-state index < -0.39 is 0 Å². The molecule has 158 valence electrons. The number of rotatable bonds is 6. The lowest BCUT2D eigenvalue weighted by atomic mass is 10.1. The maximum Gasteiger partial charge on any atom is 0.293 e. The van der Waals surface area contributed by atoms with E-state index in [1.165, 1.54) is 7.05 Å². The number of amides is 2. The molecular weight excluding hydrogens is 478 g/mol. The Morgan fingerprint density at radius 3 is 2.58 bits per heavy atom. The smallest absolute Gasteiger partial charge is 0.293 e. The van der Waals surface area contributed by atoms with Crippen LogP contribution in [0.5, 0.6) is 5.75 Å². The number of hydrogen-bond acceptors (Lipinski definition) is 5. The van der Waals surface area contributed by atoms with E-state index in [1.54, 1.807) is 10.8 Å². The van der Waals surface area contributed by atoms with Crippen LogP contribution in [0.1, 0.15) is 18.9 Å². The Labute approximate surface area is 193 Å². The highest BCUT2D eigenvalue weighted by Gasteiger charge is 2.32. The zero-order chi connectivity index (χ0) is 22.0. The van der Waals surface area contributed by atoms with Gasteiger partial charge in [-0.05, 0) is 70.5 Å². The third-order valence-electron chi connectivity index (χ3n) is 4.70. The zero-order valence-electron chi connectivity index (χ0n) is 17.0. The summed E-state index contributed by atoms with van der Waals surface area (Å²) in [4.78, 5) is 25.8. The summed E-state index contributed by atoms with van der Waals surface area (Å²) >= 11 is 4.51. The predicted molar refractivity (Wildman–Crippen MR) is 126 cm³/mol. The Balaban J connectivity index is 1.79. The van der Waals surface area contributed by atoms with Crippen LogP contribution < -0.4 is 4.74 Å². The van der Waals surface area contributed by atoms with Gasteiger partial charge in [-0.25, -0.2) is 4.68 Å². The number of imide groups is 1. The number of ether oxygens (including phenoxy) is 1. The van der Waals surface area contributed by atoms with Crippen molar-refractivity contribution in [1.29, 1.82) is 0 Å². The summed E-state index contributed by atoms with van der Waals surface area (Å²) in [6, 6.07) is 15.5. The third-order valence-corrected chi connectivity index (χ3v) is 6.28. The molecular formula is C23H20BrN3O3S. The number of thioether (sulfide) groups is 1. The van der Waals surface area contributed by atoms with Gasteiger partial charge in [-0.15, -0.1) is 0 Å². The lowest BCUT2D eigenvalue weighted by Crippen LogP contribution is -2.22. The average Bonchev–Trinajstić information content (AvgIpc) is 3.30. The number of para-hydroxylation sites is 1. The van der Waals surface area contributed by atoms with Crippen LogP contribution in [0.2, 0.25) is 0 Å². The van der Waals surface area contributed by atoms with E-state index in [4.69, 9.17) is 9.84 Å². The monoisotopic (exact) mass is 497 g/mol. The molecule has 8 heteroatoms. The molecule has 0 N–H and O–H groups in total. The fourth-order valence-electron chi connectivity index (χ4n) is 3.09. The van der Waals surface area contributed by atoms with Gasteiger partial charge in [0, 0.05) is 24.4 Å². The second-order valence-electron chi connectivity index (χ2n) is 6.95. The topological polar surface area (TPSA) is 64.4 Å². The van der Waals surface area contributed by atoms with Crippen molar-refractivity contribution in [1.82, 2.24) is 14.7 Å². The first-order valence-corrected chi connectivity index (χ1v) is 11.4. The summed E-state index contributed by atoms with van der Waals surface area (Å²) in [5.41, 5.74) is 3.22. The number of hydrogen-bond donors (Lipinski definition) is 0. The Kier molecular flexibility index (Phi) is 6.29. The van der Waals surface area contributed by atoms with Crippen LogP contribution in [0, 0.1) is 0 Å². The van der Waals surface area contributed by atoms with E-state index >= 15 is 0 Å². The van der Waals surface area contributed by atoms with Crippen molar-refractivity contribution in [3.63, 3.8) is 0 Å². The number of nitrogens with zero attached hydrogens (tertiary/aromatic N) is 3. The molecule has 2 amide bonds. The van der Waals surface area contributed by atoms with Crippen LogP contribution >= 0.6 is 27.7 Å². The first kappa shape index (κ1) is 21.4. The lowest BCUT2D eigenvalue weighted by molar-refractivity contribution is -0.121. The third kappa shape index (κ3) is 4.45. The number of carbonyl (C=O) groups is 2. The summed E-state index contributed by atoms with van der Waals surface area (Å²) in [6.45, 7) is 2.70. The molecule has 3 aromatic rings. The van der Waals surface area contributed by atoms with E-state index in [2.05, 4.69) is 22.9 Å². The molecule has 31 heavy (non-hydrogen) atoms. The molecule has 1 saturated heterocycles. The molecule has 1 aliphatic rings. The van der Waals surface area contributed by atoms with E-state index in [0.717, 1.165) is 50.1 Å². The molecule has 1 aromatic heterocycles. The Morgan fingerprint density at radius 2 is 1.94 bits per heavy atom. The van der Waals surface area contributed by atoms with Gasteiger partial charge in [0.2, 0.25) is 0 Å². The van der Waals surface area contributed by atoms with Crippen LogP contribution in [-0.2, 0) is 4.79 Å². The van der Waals surface area contributed by atoms with Gasteiger partial charge in [-0.3, -0.25) is 14.5 Å². The molecule has 0 unspecified atom stereocenters. The number of benzene rings is 2. The molecule has 1 fully saturated rings. The van der Waals surface area contributed by atoms with Gasteiger partial charge in [0.1, 0.15) is 11.4 Å². The summed E-state index contributed by atoms with van der Waals surface area (Å²) in [7, 11) is 1.49. The van der Waals surface area contributed by atoms with Gasteiger partial charge in [-0.1, -0.05) is 25.1 Å². The fourth-order valence-corrected chi connectivity index (χ4v) is 4.41. The molecule has 2 aromatic carbocycles. The normalized spacial score (nSPS) is 15.2. The predicted octanol–water partition coefficient (Wildman–Crippen LogP) is 5.76. The minimum Gasteiger partial charge on any atom is -0.492 e. The van der Waals surface area contributed by atoms with Crippen molar-refractivity contribution in [3.05, 3.63) is 69.7 Å². The summed E-state index contributed by atoms with van der Waals surface area (Å²) in [6.07, 6.45) is 4.52. The van der Waals surface area contributed by atoms with Crippen LogP contribution in [0.15, 0.2) is 64.1 Å². The molecule has 0 atom stereocenters. The maximum absolute atomic E-state index is 12.4. The van der Waals surface area contributed by atoms with Gasteiger partial charge in [-0.2, -0.15) is 5.10 Å². The van der Waals surface area contributed by atoms with Crippen molar-refractivity contribution in [3.8, 4) is 22.7 Å². The van der Waals surface area contributed by atoms with Gasteiger partial charge in [0.05, 0.1) is 21.7 Å². The molecule has 0 spiro atoms. The molecule has 0 aliphatic carbocycles. The number of aromatic nitrogens is 2. The van der Waals surface area contributed by atoms with Crippen LogP contribution in [0.3, 0.4) is 0 Å². The minimum absolute atomic E-state index is 0.284. The highest BCUT2D eigenvalue weighted by molar-refractivity contribution is 9.10. The first-order chi connectivity index (χ1) is 15.0. The van der Waals surface area contributed by atoms with Crippen molar-refractivity contribution >= 4 is 44.9 Å². The van der Waals surface area contributed by atoms with E-state index in [0.29, 0.717) is 17.2 Å². The number of likely N-dealkylation sites (N-methyl/N-ethyl adjacent to an activating group) is 1. The van der Waals surface area contributed by atoms with Crippen LogP contribution in [0.4, 0.5) is 4.79 Å². The Morgan fingerprint density at radius 1 is 1.16 bits per heavy atom. The molecule has 4 rings (SSSR count). The van der Waals surface area contributed by atoms with Crippen molar-refractivity contribution < 1.29 is 14.3 Å². The van der Waals surface area contributed by atoms with Crippen LogP contribution in [-0.4, -0.2) is 39.5 Å². The second-order valence-corrected chi connectivity index (χ2v) is 8.80. The number of halogens is 1. The largest absolute Gasteiger partial charge is 0.492 e. The fraction of sp³-hybridized carbons (Fsp3) is 0.174. The standard InChI is InChI=1S/C23H20BrN3O3S/c1-3-11-30-19-10-9-15(12-18(19)24)21-16(13-20-22(28)26(2)23(29)31-20)14-27(25-21)17-7-5-4-6-8-17/h4-10,12-14H,3,11H2,1-2H3/b20-13+. The summed E-state index contributed by atoms with van der Waals surface area (Å²) in [5, 5.41) is 4.50. The molecule has 1 aliphatic heterocycles. The summed E-state index contributed by atoms with van der Waals surface area (Å²) in [5.74, 6) is 0.458. The van der Waals surface area contributed by atoms with Gasteiger partial charge < -0.3 is 4.74 Å².